The maximum Gasteiger partial charge on any atom is 0.219 e. The third kappa shape index (κ3) is 3.68. The van der Waals surface area contributed by atoms with E-state index in [1.807, 2.05) is 47.4 Å². The van der Waals surface area contributed by atoms with Crippen molar-refractivity contribution in [1.82, 2.24) is 14.9 Å². The number of nitrogens with zero attached hydrogens (tertiary/aromatic N) is 4. The summed E-state index contributed by atoms with van der Waals surface area (Å²) in [5.74, 6) is 2.88. The number of amides is 1. The lowest BCUT2D eigenvalue weighted by Crippen LogP contribution is -2.48. The monoisotopic (exact) mass is 392 g/mol. The molecule has 2 heterocycles. The molecular formula is C22H24N4O3. The van der Waals surface area contributed by atoms with Gasteiger partial charge in [0.25, 0.3) is 0 Å². The molecule has 1 aliphatic rings. The number of hydrogen-bond acceptors (Lipinski definition) is 6. The van der Waals surface area contributed by atoms with Gasteiger partial charge in [-0.05, 0) is 6.07 Å². The van der Waals surface area contributed by atoms with Crippen LogP contribution in [-0.2, 0) is 4.79 Å². The van der Waals surface area contributed by atoms with Crippen molar-refractivity contribution in [3.05, 3.63) is 42.5 Å². The quantitative estimate of drug-likeness (QED) is 0.680. The van der Waals surface area contributed by atoms with Gasteiger partial charge in [0.1, 0.15) is 5.82 Å². The minimum absolute atomic E-state index is 0.105. The van der Waals surface area contributed by atoms with Crippen molar-refractivity contribution >= 4 is 22.6 Å². The number of piperazine rings is 1. The van der Waals surface area contributed by atoms with Crippen molar-refractivity contribution in [2.24, 2.45) is 0 Å². The van der Waals surface area contributed by atoms with Gasteiger partial charge in [-0.25, -0.2) is 9.97 Å². The number of carbonyl (C=O) groups is 1. The lowest BCUT2D eigenvalue weighted by Gasteiger charge is -2.35. The van der Waals surface area contributed by atoms with Crippen LogP contribution in [0.5, 0.6) is 11.5 Å². The molecule has 0 unspecified atom stereocenters. The Bertz CT molecular complexity index is 1030. The Labute approximate surface area is 169 Å². The van der Waals surface area contributed by atoms with Gasteiger partial charge < -0.3 is 19.3 Å². The second kappa shape index (κ2) is 7.95. The smallest absolute Gasteiger partial charge is 0.219 e. The molecule has 0 aliphatic carbocycles. The van der Waals surface area contributed by atoms with E-state index >= 15 is 0 Å². The van der Waals surface area contributed by atoms with Crippen LogP contribution in [0.4, 0.5) is 5.82 Å². The summed E-state index contributed by atoms with van der Waals surface area (Å²) in [5, 5.41) is 0.901. The molecule has 7 heteroatoms. The molecule has 1 saturated heterocycles. The van der Waals surface area contributed by atoms with E-state index in [4.69, 9.17) is 19.4 Å². The van der Waals surface area contributed by atoms with Crippen LogP contribution in [-0.4, -0.2) is 61.2 Å². The molecule has 0 atom stereocenters. The fourth-order valence-electron chi connectivity index (χ4n) is 3.63. The Kier molecular flexibility index (Phi) is 5.20. The normalized spacial score (nSPS) is 14.2. The maximum absolute atomic E-state index is 11.7. The Balaban J connectivity index is 1.85. The van der Waals surface area contributed by atoms with Crippen molar-refractivity contribution in [3.8, 4) is 22.9 Å². The van der Waals surface area contributed by atoms with Gasteiger partial charge in [-0.15, -0.1) is 0 Å². The van der Waals surface area contributed by atoms with E-state index in [2.05, 4.69) is 4.90 Å². The first kappa shape index (κ1) is 19.0. The van der Waals surface area contributed by atoms with Crippen molar-refractivity contribution in [2.75, 3.05) is 45.3 Å². The predicted molar refractivity (Wildman–Crippen MR) is 113 cm³/mol. The number of aromatic nitrogens is 2. The van der Waals surface area contributed by atoms with Crippen LogP contribution in [0.15, 0.2) is 42.5 Å². The van der Waals surface area contributed by atoms with Gasteiger partial charge in [0.15, 0.2) is 17.3 Å². The zero-order valence-corrected chi connectivity index (χ0v) is 16.9. The van der Waals surface area contributed by atoms with Crippen LogP contribution in [0.25, 0.3) is 22.3 Å². The number of rotatable bonds is 4. The molecule has 1 aromatic heterocycles. The topological polar surface area (TPSA) is 67.8 Å². The summed E-state index contributed by atoms with van der Waals surface area (Å²) in [6, 6.07) is 13.7. The van der Waals surface area contributed by atoms with Crippen molar-refractivity contribution in [2.45, 2.75) is 6.92 Å². The highest BCUT2D eigenvalue weighted by atomic mass is 16.5. The molecule has 1 aliphatic heterocycles. The van der Waals surface area contributed by atoms with E-state index < -0.39 is 0 Å². The summed E-state index contributed by atoms with van der Waals surface area (Å²) in [6.07, 6.45) is 0. The Morgan fingerprint density at radius 1 is 0.931 bits per heavy atom. The summed E-state index contributed by atoms with van der Waals surface area (Å²) in [5.41, 5.74) is 1.74. The molecule has 0 bridgehead atoms. The first-order valence-electron chi connectivity index (χ1n) is 9.60. The molecule has 150 valence electrons. The van der Waals surface area contributed by atoms with Crippen molar-refractivity contribution in [1.29, 1.82) is 0 Å². The first-order valence-corrected chi connectivity index (χ1v) is 9.60. The van der Waals surface area contributed by atoms with Gasteiger partial charge in [0, 0.05) is 50.1 Å². The maximum atomic E-state index is 11.7. The molecular weight excluding hydrogens is 368 g/mol. The highest BCUT2D eigenvalue weighted by molar-refractivity contribution is 5.93. The summed E-state index contributed by atoms with van der Waals surface area (Å²) < 4.78 is 11.0. The zero-order chi connectivity index (χ0) is 20.4. The molecule has 0 spiro atoms. The van der Waals surface area contributed by atoms with Gasteiger partial charge >= 0.3 is 0 Å². The number of anilines is 1. The number of carbonyl (C=O) groups excluding carboxylic acids is 1. The first-order chi connectivity index (χ1) is 14.1. The van der Waals surface area contributed by atoms with Gasteiger partial charge in [-0.2, -0.15) is 0 Å². The standard InChI is InChI=1S/C22H24N4O3/c1-15(27)25-9-11-26(12-10-25)22-17-13-19(28-2)20(29-3)14-18(17)23-21(24-22)16-7-5-4-6-8-16/h4-8,13-14H,9-12H2,1-3H3. The predicted octanol–water partition coefficient (Wildman–Crippen LogP) is 2.98. The summed E-state index contributed by atoms with van der Waals surface area (Å²) in [4.78, 5) is 25.5. The molecule has 2 aromatic carbocycles. The lowest BCUT2D eigenvalue weighted by atomic mass is 10.1. The zero-order valence-electron chi connectivity index (χ0n) is 16.9. The summed E-state index contributed by atoms with van der Waals surface area (Å²) in [7, 11) is 3.24. The number of methoxy groups -OCH3 is 2. The second-order valence-electron chi connectivity index (χ2n) is 6.95. The number of fused-ring (bicyclic) bond motifs is 1. The molecule has 29 heavy (non-hydrogen) atoms. The summed E-state index contributed by atoms with van der Waals surface area (Å²) in [6.45, 7) is 4.40. The number of benzene rings is 2. The molecule has 1 fully saturated rings. The van der Waals surface area contributed by atoms with Crippen LogP contribution in [0.2, 0.25) is 0 Å². The van der Waals surface area contributed by atoms with Gasteiger partial charge in [0.05, 0.1) is 19.7 Å². The molecule has 3 aromatic rings. The van der Waals surface area contributed by atoms with Crippen LogP contribution in [0.3, 0.4) is 0 Å². The molecule has 0 saturated carbocycles. The third-order valence-electron chi connectivity index (χ3n) is 5.24. The second-order valence-corrected chi connectivity index (χ2v) is 6.95. The fourth-order valence-corrected chi connectivity index (χ4v) is 3.63. The largest absolute Gasteiger partial charge is 0.493 e. The third-order valence-corrected chi connectivity index (χ3v) is 5.24. The molecule has 1 amide bonds. The van der Waals surface area contributed by atoms with Crippen LogP contribution in [0, 0.1) is 0 Å². The van der Waals surface area contributed by atoms with Gasteiger partial charge in [-0.1, -0.05) is 30.3 Å². The Hall–Kier alpha value is -3.35. The van der Waals surface area contributed by atoms with Crippen LogP contribution >= 0.6 is 0 Å². The SMILES string of the molecule is COc1cc2nc(-c3ccccc3)nc(N3CCN(C(C)=O)CC3)c2cc1OC. The van der Waals surface area contributed by atoms with Gasteiger partial charge in [0.2, 0.25) is 5.91 Å². The van der Waals surface area contributed by atoms with Crippen molar-refractivity contribution in [3.63, 3.8) is 0 Å². The Morgan fingerprint density at radius 3 is 2.21 bits per heavy atom. The number of hydrogen-bond donors (Lipinski definition) is 0. The van der Waals surface area contributed by atoms with E-state index in [-0.39, 0.29) is 5.91 Å². The van der Waals surface area contributed by atoms with E-state index in [0.29, 0.717) is 43.5 Å². The molecule has 0 radical (unpaired) electrons. The van der Waals surface area contributed by atoms with Crippen LogP contribution in [0.1, 0.15) is 6.92 Å². The van der Waals surface area contributed by atoms with Gasteiger partial charge in [-0.3, -0.25) is 4.79 Å². The van der Waals surface area contributed by atoms with Crippen molar-refractivity contribution < 1.29 is 14.3 Å². The molecule has 4 rings (SSSR count). The Morgan fingerprint density at radius 2 is 1.59 bits per heavy atom. The van der Waals surface area contributed by atoms with Crippen LogP contribution < -0.4 is 14.4 Å². The highest BCUT2D eigenvalue weighted by Gasteiger charge is 2.23. The summed E-state index contributed by atoms with van der Waals surface area (Å²) >= 11 is 0. The van der Waals surface area contributed by atoms with E-state index in [9.17, 15) is 4.79 Å². The fraction of sp³-hybridized carbons (Fsp3) is 0.318. The number of ether oxygens (including phenoxy) is 2. The molecule has 0 N–H and O–H groups in total. The average Bonchev–Trinajstić information content (AvgIpc) is 2.78. The van der Waals surface area contributed by atoms with E-state index in [1.165, 1.54) is 0 Å². The highest BCUT2D eigenvalue weighted by Crippen LogP contribution is 2.36. The van der Waals surface area contributed by atoms with E-state index in [1.54, 1.807) is 21.1 Å². The van der Waals surface area contributed by atoms with E-state index in [0.717, 1.165) is 22.3 Å². The average molecular weight is 392 g/mol. The minimum atomic E-state index is 0.105. The minimum Gasteiger partial charge on any atom is -0.493 e. The molecule has 7 nitrogen and oxygen atoms in total. The lowest BCUT2D eigenvalue weighted by molar-refractivity contribution is -0.129.